The molecule has 2 rings (SSSR count). The van der Waals surface area contributed by atoms with E-state index < -0.39 is 37.1 Å². The SMILES string of the molecule is CO[SiH2]CCCNC(=O)OCC(COCC1CO1)(COCC1CO1)COC(=O)NCCC[SiH2]OC. The predicted octanol–water partition coefficient (Wildman–Crippen LogP) is -0.667. The molecule has 0 aromatic heterocycles. The molecule has 0 radical (unpaired) electrons. The summed E-state index contributed by atoms with van der Waals surface area (Å²) in [6.07, 6.45) is 0.769. The van der Waals surface area contributed by atoms with Crippen molar-refractivity contribution in [3.63, 3.8) is 0 Å². The molecule has 0 aromatic rings. The number of carbonyl (C=O) groups is 2. The molecule has 12 nitrogen and oxygen atoms in total. The van der Waals surface area contributed by atoms with Crippen LogP contribution in [0, 0.1) is 5.41 Å². The average Bonchev–Trinajstić information content (AvgIpc) is 3.77. The molecule has 2 aliphatic heterocycles. The molecule has 2 aliphatic rings. The number of ether oxygens (including phenoxy) is 6. The fourth-order valence-corrected chi connectivity index (χ4v) is 4.54. The summed E-state index contributed by atoms with van der Waals surface area (Å²) < 4.78 is 43.4. The van der Waals surface area contributed by atoms with Gasteiger partial charge in [0.1, 0.15) is 25.4 Å². The number of epoxide rings is 2. The van der Waals surface area contributed by atoms with Crippen molar-refractivity contribution >= 4 is 31.7 Å². The largest absolute Gasteiger partial charge is 0.449 e. The zero-order chi connectivity index (χ0) is 25.2. The van der Waals surface area contributed by atoms with Crippen molar-refractivity contribution in [2.24, 2.45) is 5.41 Å². The summed E-state index contributed by atoms with van der Waals surface area (Å²) in [5, 5.41) is 5.50. The van der Waals surface area contributed by atoms with E-state index >= 15 is 0 Å². The number of rotatable bonds is 22. The van der Waals surface area contributed by atoms with Crippen LogP contribution in [0.3, 0.4) is 0 Å². The quantitative estimate of drug-likeness (QED) is 0.104. The first kappa shape index (κ1) is 30.0. The molecule has 0 aliphatic carbocycles. The number of hydrogen-bond acceptors (Lipinski definition) is 10. The van der Waals surface area contributed by atoms with Gasteiger partial charge in [-0.1, -0.05) is 0 Å². The summed E-state index contributed by atoms with van der Waals surface area (Å²) in [5.74, 6) is 0. The molecule has 0 bridgehead atoms. The van der Waals surface area contributed by atoms with Crippen molar-refractivity contribution in [2.75, 3.05) is 80.2 Å². The van der Waals surface area contributed by atoms with Gasteiger partial charge >= 0.3 is 12.2 Å². The second kappa shape index (κ2) is 18.1. The lowest BCUT2D eigenvalue weighted by Crippen LogP contribution is -2.45. The second-order valence-electron chi connectivity index (χ2n) is 8.85. The van der Waals surface area contributed by atoms with Crippen LogP contribution < -0.4 is 10.6 Å². The Kier molecular flexibility index (Phi) is 15.5. The molecular weight excluding hydrogens is 496 g/mol. The van der Waals surface area contributed by atoms with Gasteiger partial charge < -0.3 is 47.9 Å². The minimum absolute atomic E-state index is 0.0323. The van der Waals surface area contributed by atoms with Crippen LogP contribution >= 0.6 is 0 Å². The van der Waals surface area contributed by atoms with E-state index in [1.54, 1.807) is 14.2 Å². The number of carbonyl (C=O) groups excluding carboxylic acids is 2. The van der Waals surface area contributed by atoms with E-state index in [0.29, 0.717) is 39.5 Å². The van der Waals surface area contributed by atoms with Crippen LogP contribution in [0.2, 0.25) is 12.1 Å². The van der Waals surface area contributed by atoms with Crippen molar-refractivity contribution in [1.29, 1.82) is 0 Å². The first-order valence-corrected chi connectivity index (χ1v) is 15.4. The van der Waals surface area contributed by atoms with Gasteiger partial charge in [-0.05, 0) is 24.9 Å². The van der Waals surface area contributed by atoms with E-state index in [0.717, 1.165) is 24.9 Å². The van der Waals surface area contributed by atoms with Crippen LogP contribution in [0.4, 0.5) is 9.59 Å². The highest BCUT2D eigenvalue weighted by molar-refractivity contribution is 6.27. The van der Waals surface area contributed by atoms with Gasteiger partial charge in [0.25, 0.3) is 0 Å². The van der Waals surface area contributed by atoms with Crippen molar-refractivity contribution in [1.82, 2.24) is 10.6 Å². The lowest BCUT2D eigenvalue weighted by molar-refractivity contribution is -0.0836. The third kappa shape index (κ3) is 15.5. The van der Waals surface area contributed by atoms with E-state index in [9.17, 15) is 9.59 Å². The average molecular weight is 539 g/mol. The zero-order valence-corrected chi connectivity index (χ0v) is 23.9. The molecule has 14 heteroatoms. The van der Waals surface area contributed by atoms with Gasteiger partial charge in [0.2, 0.25) is 0 Å². The summed E-state index contributed by atoms with van der Waals surface area (Å²) in [6.45, 7) is 3.48. The van der Waals surface area contributed by atoms with Gasteiger partial charge in [-0.2, -0.15) is 0 Å². The molecule has 2 fully saturated rings. The van der Waals surface area contributed by atoms with Crippen LogP contribution in [0.15, 0.2) is 0 Å². The van der Waals surface area contributed by atoms with Gasteiger partial charge in [-0.15, -0.1) is 0 Å². The Bertz CT molecular complexity index is 546. The van der Waals surface area contributed by atoms with Crippen LogP contribution in [0.25, 0.3) is 0 Å². The van der Waals surface area contributed by atoms with Gasteiger partial charge in [0.15, 0.2) is 19.5 Å². The van der Waals surface area contributed by atoms with Crippen molar-refractivity contribution < 1.29 is 46.9 Å². The van der Waals surface area contributed by atoms with Gasteiger partial charge in [0.05, 0.1) is 45.1 Å². The van der Waals surface area contributed by atoms with Gasteiger partial charge in [-0.3, -0.25) is 0 Å². The van der Waals surface area contributed by atoms with Crippen LogP contribution in [-0.2, 0) is 37.3 Å². The van der Waals surface area contributed by atoms with Gasteiger partial charge in [-0.25, -0.2) is 9.59 Å². The fourth-order valence-electron chi connectivity index (χ4n) is 3.06. The smallest absolute Gasteiger partial charge is 0.407 e. The van der Waals surface area contributed by atoms with E-state index in [1.165, 1.54) is 0 Å². The lowest BCUT2D eigenvalue weighted by atomic mass is 9.92. The van der Waals surface area contributed by atoms with Crippen molar-refractivity contribution in [2.45, 2.75) is 37.1 Å². The molecule has 0 spiro atoms. The molecule has 2 unspecified atom stereocenters. The molecule has 2 heterocycles. The monoisotopic (exact) mass is 538 g/mol. The maximum Gasteiger partial charge on any atom is 0.407 e. The third-order valence-electron chi connectivity index (χ3n) is 5.34. The predicted molar refractivity (Wildman–Crippen MR) is 132 cm³/mol. The molecule has 2 amide bonds. The summed E-state index contributed by atoms with van der Waals surface area (Å²) in [4.78, 5) is 24.5. The minimum atomic E-state index is -0.871. The fraction of sp³-hybridized carbons (Fsp3) is 0.905. The van der Waals surface area contributed by atoms with Crippen molar-refractivity contribution in [3.05, 3.63) is 0 Å². The van der Waals surface area contributed by atoms with Crippen molar-refractivity contribution in [3.8, 4) is 0 Å². The number of amides is 2. The number of hydrogen-bond donors (Lipinski definition) is 2. The van der Waals surface area contributed by atoms with Crippen LogP contribution in [0.5, 0.6) is 0 Å². The Hall–Kier alpha value is -1.27. The number of nitrogens with one attached hydrogen (secondary N) is 2. The second-order valence-corrected chi connectivity index (χ2v) is 12.2. The highest BCUT2D eigenvalue weighted by atomic mass is 28.2. The highest BCUT2D eigenvalue weighted by Gasteiger charge is 2.37. The molecule has 2 N–H and O–H groups in total. The standard InChI is InChI=1S/C21H42N2O10Si2/c1-26-34-7-3-5-22-19(24)32-15-21(13-28-9-17-11-30-17,14-29-10-18-12-31-18)16-33-20(25)23-6-4-8-35-27-2/h17-18H,3-16,34-35H2,1-2H3,(H,22,24)(H,23,25). The lowest BCUT2D eigenvalue weighted by Gasteiger charge is -2.32. The third-order valence-corrected chi connectivity index (χ3v) is 7.73. The van der Waals surface area contributed by atoms with Crippen LogP contribution in [0.1, 0.15) is 12.8 Å². The zero-order valence-electron chi connectivity index (χ0n) is 21.1. The Morgan fingerprint density at radius 1 is 0.800 bits per heavy atom. The molecule has 204 valence electrons. The summed E-state index contributed by atoms with van der Waals surface area (Å²) in [5.41, 5.74) is -0.871. The normalized spacial score (nSPS) is 20.7. The first-order valence-electron chi connectivity index (χ1n) is 12.2. The van der Waals surface area contributed by atoms with E-state index in [-0.39, 0.29) is 38.6 Å². The van der Waals surface area contributed by atoms with E-state index in [1.807, 2.05) is 0 Å². The molecule has 2 atom stereocenters. The first-order chi connectivity index (χ1) is 17.1. The summed E-state index contributed by atoms with van der Waals surface area (Å²) >= 11 is 0. The molecule has 35 heavy (non-hydrogen) atoms. The summed E-state index contributed by atoms with van der Waals surface area (Å²) in [6, 6.07) is 1.96. The van der Waals surface area contributed by atoms with Gasteiger partial charge in [0, 0.05) is 27.3 Å². The molecule has 0 saturated carbocycles. The Morgan fingerprint density at radius 2 is 1.23 bits per heavy atom. The maximum atomic E-state index is 12.3. The Labute approximate surface area is 212 Å². The number of alkyl carbamates (subject to hydrolysis) is 2. The van der Waals surface area contributed by atoms with E-state index in [2.05, 4.69) is 10.6 Å². The molecule has 2 saturated heterocycles. The van der Waals surface area contributed by atoms with E-state index in [4.69, 9.17) is 37.3 Å². The molecular formula is C21H42N2O10Si2. The Morgan fingerprint density at radius 3 is 1.60 bits per heavy atom. The maximum absolute atomic E-state index is 12.3. The molecule has 0 aromatic carbocycles. The summed E-state index contributed by atoms with van der Waals surface area (Å²) in [7, 11) is 2.38. The highest BCUT2D eigenvalue weighted by Crippen LogP contribution is 2.23. The minimum Gasteiger partial charge on any atom is -0.449 e. The van der Waals surface area contributed by atoms with Crippen LogP contribution in [-0.4, -0.2) is 124 Å². The topological polar surface area (TPSA) is 139 Å². The Balaban J connectivity index is 1.86.